The largest absolute Gasteiger partial charge is 0.397 e. The first-order valence-electron chi connectivity index (χ1n) is 7.42. The Morgan fingerprint density at radius 3 is 2.67 bits per heavy atom. The predicted molar refractivity (Wildman–Crippen MR) is 78.2 cm³/mol. The Hall–Kier alpha value is -2.11. The van der Waals surface area contributed by atoms with Gasteiger partial charge in [-0.25, -0.2) is 0 Å². The molecule has 2 amide bonds. The number of carbonyl (C=O) groups excluding carboxylic acids is 2. The van der Waals surface area contributed by atoms with Crippen LogP contribution in [-0.4, -0.2) is 28.4 Å². The molecule has 0 radical (unpaired) electrons. The summed E-state index contributed by atoms with van der Waals surface area (Å²) >= 11 is 0. The molecule has 4 N–H and O–H groups in total. The summed E-state index contributed by atoms with van der Waals surface area (Å²) in [6.45, 7) is 0. The molecule has 112 valence electrons. The summed E-state index contributed by atoms with van der Waals surface area (Å²) in [6.07, 6.45) is 6.50. The van der Waals surface area contributed by atoms with Crippen LogP contribution in [0.25, 0.3) is 0 Å². The van der Waals surface area contributed by atoms with Crippen LogP contribution in [0.5, 0.6) is 0 Å². The Morgan fingerprint density at radius 2 is 2.00 bits per heavy atom. The van der Waals surface area contributed by atoms with Crippen LogP contribution < -0.4 is 16.4 Å². The van der Waals surface area contributed by atoms with Crippen LogP contribution in [0.2, 0.25) is 0 Å². The zero-order valence-electron chi connectivity index (χ0n) is 11.9. The van der Waals surface area contributed by atoms with Crippen molar-refractivity contribution >= 4 is 17.5 Å². The molecule has 6 heteroatoms. The first-order valence-corrected chi connectivity index (χ1v) is 7.42. The molecule has 2 fully saturated rings. The van der Waals surface area contributed by atoms with Crippen LogP contribution in [-0.2, 0) is 16.0 Å². The van der Waals surface area contributed by atoms with Gasteiger partial charge in [-0.3, -0.25) is 14.6 Å². The van der Waals surface area contributed by atoms with Crippen molar-refractivity contribution in [1.82, 2.24) is 15.6 Å². The number of hydrogen-bond donors (Lipinski definition) is 3. The minimum Gasteiger partial charge on any atom is -0.397 e. The number of amides is 2. The quantitative estimate of drug-likeness (QED) is 0.739. The number of nitrogens with one attached hydrogen (secondary N) is 2. The maximum absolute atomic E-state index is 12.4. The van der Waals surface area contributed by atoms with Crippen LogP contribution in [0.1, 0.15) is 37.8 Å². The van der Waals surface area contributed by atoms with Gasteiger partial charge in [-0.15, -0.1) is 0 Å². The molecule has 2 heterocycles. The van der Waals surface area contributed by atoms with Crippen molar-refractivity contribution in [3.05, 3.63) is 24.0 Å². The lowest BCUT2D eigenvalue weighted by Crippen LogP contribution is -2.70. The molecule has 1 aromatic heterocycles. The summed E-state index contributed by atoms with van der Waals surface area (Å²) in [5.74, 6) is -0.169. The van der Waals surface area contributed by atoms with Crippen molar-refractivity contribution in [2.75, 3.05) is 5.73 Å². The number of pyridine rings is 1. The highest BCUT2D eigenvalue weighted by Gasteiger charge is 2.46. The van der Waals surface area contributed by atoms with E-state index in [2.05, 4.69) is 15.6 Å². The number of piperazine rings is 1. The normalized spacial score (nSPS) is 24.5. The highest BCUT2D eigenvalue weighted by atomic mass is 16.2. The number of nitrogens with two attached hydrogens (primary N) is 1. The SMILES string of the molecule is Nc1ccc(CC2NC(=O)C3(CCCCC3)NC2=O)nc1. The van der Waals surface area contributed by atoms with E-state index in [0.717, 1.165) is 37.8 Å². The number of rotatable bonds is 2. The van der Waals surface area contributed by atoms with Crippen molar-refractivity contribution in [2.45, 2.75) is 50.1 Å². The van der Waals surface area contributed by atoms with Gasteiger partial charge in [0.05, 0.1) is 11.9 Å². The molecule has 21 heavy (non-hydrogen) atoms. The standard InChI is InChI=1S/C15H20N4O2/c16-10-4-5-11(17-9-10)8-12-13(20)19-15(14(21)18-12)6-2-1-3-7-15/h4-5,9,12H,1-3,6-8,16H2,(H,18,21)(H,19,20). The third kappa shape index (κ3) is 2.70. The predicted octanol–water partition coefficient (Wildman–Crippen LogP) is 0.524. The number of nitrogen functional groups attached to an aromatic ring is 1. The van der Waals surface area contributed by atoms with E-state index in [1.165, 1.54) is 0 Å². The molecule has 6 nitrogen and oxygen atoms in total. The molecule has 2 aliphatic rings. The summed E-state index contributed by atoms with van der Waals surface area (Å²) in [7, 11) is 0. The number of nitrogens with zero attached hydrogens (tertiary/aromatic N) is 1. The zero-order chi connectivity index (χ0) is 14.9. The van der Waals surface area contributed by atoms with Crippen LogP contribution in [0.3, 0.4) is 0 Å². The number of anilines is 1. The summed E-state index contributed by atoms with van der Waals surface area (Å²) in [5, 5.41) is 5.83. The summed E-state index contributed by atoms with van der Waals surface area (Å²) in [4.78, 5) is 28.9. The zero-order valence-corrected chi connectivity index (χ0v) is 11.9. The highest BCUT2D eigenvalue weighted by Crippen LogP contribution is 2.30. The first-order chi connectivity index (χ1) is 10.1. The van der Waals surface area contributed by atoms with Gasteiger partial charge in [0.1, 0.15) is 11.6 Å². The number of carbonyl (C=O) groups is 2. The summed E-state index contributed by atoms with van der Waals surface area (Å²) < 4.78 is 0. The molecule has 0 aromatic carbocycles. The minimum absolute atomic E-state index is 0.0535. The Morgan fingerprint density at radius 1 is 1.24 bits per heavy atom. The van der Waals surface area contributed by atoms with E-state index in [0.29, 0.717) is 12.1 Å². The average Bonchev–Trinajstić information content (AvgIpc) is 2.48. The van der Waals surface area contributed by atoms with E-state index < -0.39 is 11.6 Å². The summed E-state index contributed by atoms with van der Waals surface area (Å²) in [5.41, 5.74) is 6.23. The molecule has 0 bridgehead atoms. The van der Waals surface area contributed by atoms with E-state index in [9.17, 15) is 9.59 Å². The fourth-order valence-corrected chi connectivity index (χ4v) is 3.16. The van der Waals surface area contributed by atoms with Crippen molar-refractivity contribution < 1.29 is 9.59 Å². The van der Waals surface area contributed by atoms with Crippen molar-refractivity contribution in [3.8, 4) is 0 Å². The Kier molecular flexibility index (Phi) is 3.53. The molecule has 1 atom stereocenters. The van der Waals surface area contributed by atoms with Crippen LogP contribution in [0.4, 0.5) is 5.69 Å². The molecular weight excluding hydrogens is 268 g/mol. The molecule has 1 unspecified atom stereocenters. The maximum atomic E-state index is 12.4. The van der Waals surface area contributed by atoms with E-state index in [4.69, 9.17) is 5.73 Å². The smallest absolute Gasteiger partial charge is 0.246 e. The Balaban J connectivity index is 1.70. The van der Waals surface area contributed by atoms with Gasteiger partial charge in [-0.05, 0) is 25.0 Å². The number of hydrogen-bond acceptors (Lipinski definition) is 4. The first kappa shape index (κ1) is 13.9. The lowest BCUT2D eigenvalue weighted by molar-refractivity contribution is -0.143. The van der Waals surface area contributed by atoms with Gasteiger partial charge < -0.3 is 16.4 Å². The Bertz CT molecular complexity index is 549. The number of aromatic nitrogens is 1. The summed E-state index contributed by atoms with van der Waals surface area (Å²) in [6, 6.07) is 2.97. The molecule has 1 saturated heterocycles. The molecule has 1 saturated carbocycles. The lowest BCUT2D eigenvalue weighted by Gasteiger charge is -2.42. The van der Waals surface area contributed by atoms with Crippen LogP contribution in [0, 0.1) is 0 Å². The van der Waals surface area contributed by atoms with E-state index in [1.54, 1.807) is 18.3 Å². The van der Waals surface area contributed by atoms with Gasteiger partial charge >= 0.3 is 0 Å². The topological polar surface area (TPSA) is 97.1 Å². The Labute approximate surface area is 123 Å². The second kappa shape index (κ2) is 5.35. The molecule has 1 aliphatic heterocycles. The maximum Gasteiger partial charge on any atom is 0.246 e. The van der Waals surface area contributed by atoms with Gasteiger partial charge in [-0.1, -0.05) is 19.3 Å². The van der Waals surface area contributed by atoms with Crippen molar-refractivity contribution in [1.29, 1.82) is 0 Å². The van der Waals surface area contributed by atoms with Gasteiger partial charge in [0.2, 0.25) is 11.8 Å². The van der Waals surface area contributed by atoms with Gasteiger partial charge in [0, 0.05) is 12.1 Å². The molecular formula is C15H20N4O2. The third-order valence-corrected chi connectivity index (χ3v) is 4.39. The van der Waals surface area contributed by atoms with Crippen LogP contribution in [0.15, 0.2) is 18.3 Å². The monoisotopic (exact) mass is 288 g/mol. The fourth-order valence-electron chi connectivity index (χ4n) is 3.16. The van der Waals surface area contributed by atoms with Gasteiger partial charge in [-0.2, -0.15) is 0 Å². The average molecular weight is 288 g/mol. The van der Waals surface area contributed by atoms with Crippen molar-refractivity contribution in [3.63, 3.8) is 0 Å². The molecule has 1 aliphatic carbocycles. The van der Waals surface area contributed by atoms with Gasteiger partial charge in [0.25, 0.3) is 0 Å². The fraction of sp³-hybridized carbons (Fsp3) is 0.533. The molecule has 3 rings (SSSR count). The molecule has 1 aromatic rings. The van der Waals surface area contributed by atoms with E-state index in [-0.39, 0.29) is 11.8 Å². The second-order valence-electron chi connectivity index (χ2n) is 5.95. The highest BCUT2D eigenvalue weighted by molar-refractivity contribution is 6.00. The van der Waals surface area contributed by atoms with Crippen molar-refractivity contribution in [2.24, 2.45) is 0 Å². The van der Waals surface area contributed by atoms with Gasteiger partial charge in [0.15, 0.2) is 0 Å². The van der Waals surface area contributed by atoms with E-state index >= 15 is 0 Å². The van der Waals surface area contributed by atoms with E-state index in [1.807, 2.05) is 0 Å². The lowest BCUT2D eigenvalue weighted by atomic mass is 9.79. The third-order valence-electron chi connectivity index (χ3n) is 4.39. The second-order valence-corrected chi connectivity index (χ2v) is 5.95. The van der Waals surface area contributed by atoms with Crippen LogP contribution >= 0.6 is 0 Å². The minimum atomic E-state index is -0.680. The molecule has 1 spiro atoms.